The van der Waals surface area contributed by atoms with Gasteiger partial charge in [-0.15, -0.1) is 0 Å². The van der Waals surface area contributed by atoms with E-state index in [-0.39, 0.29) is 17.9 Å². The fraction of sp³-hybridized carbons (Fsp3) is 0.364. The van der Waals surface area contributed by atoms with E-state index in [0.29, 0.717) is 19.5 Å². The lowest BCUT2D eigenvalue weighted by Crippen LogP contribution is -2.48. The Kier molecular flexibility index (Phi) is 5.97. The van der Waals surface area contributed by atoms with Gasteiger partial charge in [-0.25, -0.2) is 9.24 Å². The Bertz CT molecular complexity index is 1010. The number of hydrogen-bond acceptors (Lipinski definition) is 3. The van der Waals surface area contributed by atoms with E-state index in [4.69, 9.17) is 6.57 Å². The highest BCUT2D eigenvalue weighted by Crippen LogP contribution is 2.37. The average molecular weight is 420 g/mol. The van der Waals surface area contributed by atoms with Crippen LogP contribution < -0.4 is 0 Å². The molecule has 0 unspecified atom stereocenters. The molecule has 0 spiro atoms. The molecule has 1 atom stereocenters. The maximum atomic E-state index is 13.5. The van der Waals surface area contributed by atoms with Gasteiger partial charge < -0.3 is 5.11 Å². The Morgan fingerprint density at radius 1 is 1.20 bits per heavy atom. The molecule has 1 aliphatic rings. The summed E-state index contributed by atoms with van der Waals surface area (Å²) in [6.45, 7) is 9.12. The summed E-state index contributed by atoms with van der Waals surface area (Å²) in [7, 11) is 0. The molecule has 0 saturated heterocycles. The van der Waals surface area contributed by atoms with E-state index in [9.17, 15) is 27.5 Å². The number of hydrogen-bond donors (Lipinski definition) is 1. The molecule has 4 nitrogen and oxygen atoms in total. The van der Waals surface area contributed by atoms with Crippen LogP contribution in [-0.4, -0.2) is 34.5 Å². The maximum Gasteiger partial charge on any atom is 0.407 e. The molecule has 0 aromatic heterocycles. The zero-order chi connectivity index (χ0) is 22.1. The number of Topliss-reactive ketones (excluding diaryl/α,β-unsaturated/α-hetero) is 1. The van der Waals surface area contributed by atoms with Gasteiger partial charge in [0.05, 0.1) is 12.1 Å². The summed E-state index contributed by atoms with van der Waals surface area (Å²) in [5.74, 6) is -0.988. The van der Waals surface area contributed by atoms with Gasteiger partial charge in [0, 0.05) is 26.1 Å². The predicted octanol–water partition coefficient (Wildman–Crippen LogP) is 4.32. The summed E-state index contributed by atoms with van der Waals surface area (Å²) in [5.41, 5.74) is -1.55. The van der Waals surface area contributed by atoms with Gasteiger partial charge in [0.2, 0.25) is 0 Å². The molecular formula is C22H20F4N2O2. The lowest BCUT2D eigenvalue weighted by molar-refractivity contribution is -0.138. The minimum atomic E-state index is -4.71. The molecule has 1 aliphatic heterocycles. The molecule has 3 rings (SSSR count). The summed E-state index contributed by atoms with van der Waals surface area (Å²) in [6, 6.07) is 7.63. The molecule has 158 valence electrons. The van der Waals surface area contributed by atoms with Crippen molar-refractivity contribution in [1.82, 2.24) is 4.90 Å². The van der Waals surface area contributed by atoms with Crippen LogP contribution in [0.1, 0.15) is 29.2 Å². The van der Waals surface area contributed by atoms with Crippen LogP contribution in [0.25, 0.3) is 4.85 Å². The number of benzene rings is 2. The normalized spacial score (nSPS) is 16.4. The van der Waals surface area contributed by atoms with Crippen molar-refractivity contribution >= 4 is 11.5 Å². The molecule has 2 aromatic rings. The van der Waals surface area contributed by atoms with E-state index >= 15 is 0 Å². The van der Waals surface area contributed by atoms with Gasteiger partial charge in [-0.2, -0.15) is 13.2 Å². The van der Waals surface area contributed by atoms with E-state index < -0.39 is 35.2 Å². The Balaban J connectivity index is 1.71. The smallest absolute Gasteiger partial charge is 0.381 e. The number of halogens is 4. The van der Waals surface area contributed by atoms with Gasteiger partial charge in [-0.1, -0.05) is 24.3 Å². The molecule has 0 fully saturated rings. The van der Waals surface area contributed by atoms with Gasteiger partial charge in [-0.3, -0.25) is 9.69 Å². The van der Waals surface area contributed by atoms with Crippen molar-refractivity contribution in [1.29, 1.82) is 0 Å². The summed E-state index contributed by atoms with van der Waals surface area (Å²) >= 11 is 0. The molecule has 0 amide bonds. The number of fused-ring (bicyclic) bond motifs is 1. The van der Waals surface area contributed by atoms with Gasteiger partial charge in [0.1, 0.15) is 11.4 Å². The molecular weight excluding hydrogens is 400 g/mol. The van der Waals surface area contributed by atoms with E-state index in [0.717, 1.165) is 23.3 Å². The van der Waals surface area contributed by atoms with Crippen LogP contribution in [0.15, 0.2) is 36.4 Å². The van der Waals surface area contributed by atoms with Crippen LogP contribution in [0.5, 0.6) is 0 Å². The lowest BCUT2D eigenvalue weighted by atomic mass is 9.92. The third-order valence-electron chi connectivity index (χ3n) is 5.24. The Morgan fingerprint density at radius 3 is 2.60 bits per heavy atom. The van der Waals surface area contributed by atoms with E-state index in [1.807, 2.05) is 4.90 Å². The first kappa shape index (κ1) is 21.9. The number of carbonyl (C=O) groups is 1. The van der Waals surface area contributed by atoms with Gasteiger partial charge in [-0.05, 0) is 42.2 Å². The first-order chi connectivity index (χ1) is 14.0. The fourth-order valence-electron chi connectivity index (χ4n) is 3.64. The highest BCUT2D eigenvalue weighted by atomic mass is 19.4. The topological polar surface area (TPSA) is 44.9 Å². The lowest BCUT2D eigenvalue weighted by Gasteiger charge is -2.34. The van der Waals surface area contributed by atoms with Gasteiger partial charge >= 0.3 is 6.18 Å². The number of alkyl halides is 3. The van der Waals surface area contributed by atoms with E-state index in [2.05, 4.69) is 4.85 Å². The molecule has 8 heteroatoms. The second-order valence-corrected chi connectivity index (χ2v) is 7.71. The molecule has 30 heavy (non-hydrogen) atoms. The Hall–Kier alpha value is -2.76. The number of β-amino-alcohol motifs (C(OH)–C–C–N with tert-alkyl or cyclic N) is 1. The molecule has 2 aromatic carbocycles. The number of nitrogens with zero attached hydrogens (tertiary/aromatic N) is 2. The highest BCUT2D eigenvalue weighted by Gasteiger charge is 2.36. The van der Waals surface area contributed by atoms with Crippen LogP contribution in [0.3, 0.4) is 0 Å². The van der Waals surface area contributed by atoms with Crippen molar-refractivity contribution in [3.8, 4) is 0 Å². The molecule has 0 aliphatic carbocycles. The first-order valence-electron chi connectivity index (χ1n) is 9.32. The van der Waals surface area contributed by atoms with Gasteiger partial charge in [0.25, 0.3) is 0 Å². The minimum Gasteiger partial charge on any atom is -0.381 e. The van der Waals surface area contributed by atoms with Crippen molar-refractivity contribution in [2.75, 3.05) is 13.1 Å². The van der Waals surface area contributed by atoms with Crippen LogP contribution >= 0.6 is 0 Å². The molecule has 0 radical (unpaired) electrons. The van der Waals surface area contributed by atoms with Crippen molar-refractivity contribution in [2.24, 2.45) is 0 Å². The highest BCUT2D eigenvalue weighted by molar-refractivity contribution is 5.89. The standard InChI is InChI=1S/C22H20F4N2O2/c1-21(30,13-28-8-7-15-4-5-17(23)11-16(15)12-28)20(29)10-14-3-6-19(27-2)18(9-14)22(24,25)26/h3-6,9,11,30H,7-8,10,12-13H2,1H3/t21-/m0/s1. The summed E-state index contributed by atoms with van der Waals surface area (Å²) in [5, 5.41) is 10.7. The number of aliphatic hydroxyl groups is 1. The quantitative estimate of drug-likeness (QED) is 0.579. The van der Waals surface area contributed by atoms with Crippen molar-refractivity contribution in [3.05, 3.63) is 75.9 Å². The number of rotatable bonds is 5. The van der Waals surface area contributed by atoms with Crippen molar-refractivity contribution in [2.45, 2.75) is 38.1 Å². The third kappa shape index (κ3) is 4.86. The van der Waals surface area contributed by atoms with Gasteiger partial charge in [0.15, 0.2) is 11.5 Å². The largest absolute Gasteiger partial charge is 0.407 e. The van der Waals surface area contributed by atoms with Crippen LogP contribution in [0.4, 0.5) is 23.2 Å². The van der Waals surface area contributed by atoms with Crippen LogP contribution in [-0.2, 0) is 30.4 Å². The van der Waals surface area contributed by atoms with Crippen molar-refractivity contribution < 1.29 is 27.5 Å². The maximum absolute atomic E-state index is 13.5. The monoisotopic (exact) mass is 420 g/mol. The second kappa shape index (κ2) is 8.17. The van der Waals surface area contributed by atoms with E-state index in [1.54, 1.807) is 6.07 Å². The Labute approximate surface area is 171 Å². The molecule has 1 heterocycles. The van der Waals surface area contributed by atoms with Crippen LogP contribution in [0, 0.1) is 12.4 Å². The average Bonchev–Trinajstić information content (AvgIpc) is 2.66. The van der Waals surface area contributed by atoms with Crippen molar-refractivity contribution in [3.63, 3.8) is 0 Å². The molecule has 1 N–H and O–H groups in total. The van der Waals surface area contributed by atoms with E-state index in [1.165, 1.54) is 25.1 Å². The predicted molar refractivity (Wildman–Crippen MR) is 102 cm³/mol. The second-order valence-electron chi connectivity index (χ2n) is 7.71. The summed E-state index contributed by atoms with van der Waals surface area (Å²) < 4.78 is 52.9. The molecule has 0 bridgehead atoms. The van der Waals surface area contributed by atoms with Crippen LogP contribution in [0.2, 0.25) is 0 Å². The summed E-state index contributed by atoms with van der Waals surface area (Å²) in [4.78, 5) is 17.3. The third-order valence-corrected chi connectivity index (χ3v) is 5.24. The zero-order valence-corrected chi connectivity index (χ0v) is 16.3. The number of ketones is 1. The SMILES string of the molecule is [C-]#[N+]c1ccc(CC(=O)[C@@](C)(O)CN2CCc3ccc(F)cc3C2)cc1C(F)(F)F. The molecule has 0 saturated carbocycles. The zero-order valence-electron chi connectivity index (χ0n) is 16.3. The minimum absolute atomic E-state index is 0.0198. The fourth-order valence-corrected chi connectivity index (χ4v) is 3.64. The number of carbonyl (C=O) groups excluding carboxylic acids is 1. The first-order valence-corrected chi connectivity index (χ1v) is 9.32. The Morgan fingerprint density at radius 2 is 1.93 bits per heavy atom. The summed E-state index contributed by atoms with van der Waals surface area (Å²) in [6.07, 6.45) is -4.46.